The smallest absolute Gasteiger partial charge is 0.244 e. The summed E-state index contributed by atoms with van der Waals surface area (Å²) < 4.78 is 25.7. The van der Waals surface area contributed by atoms with E-state index in [1.165, 1.54) is 23.0 Å². The molecule has 0 bridgehead atoms. The summed E-state index contributed by atoms with van der Waals surface area (Å²) in [5.74, 6) is 0.506. The summed E-state index contributed by atoms with van der Waals surface area (Å²) in [5, 5.41) is 8.91. The highest BCUT2D eigenvalue weighted by molar-refractivity contribution is 7.89. The molecule has 0 spiro atoms. The van der Waals surface area contributed by atoms with Gasteiger partial charge in [-0.05, 0) is 24.8 Å². The first-order valence-corrected chi connectivity index (χ1v) is 7.22. The molecule has 1 aromatic rings. The minimum Gasteiger partial charge on any atom is -0.390 e. The molecule has 5 nitrogen and oxygen atoms in total. The van der Waals surface area contributed by atoms with Gasteiger partial charge >= 0.3 is 0 Å². The molecular formula is C11H18N2O3S. The van der Waals surface area contributed by atoms with Gasteiger partial charge in [0.05, 0.1) is 11.5 Å². The molecule has 0 radical (unpaired) electrons. The quantitative estimate of drug-likeness (QED) is 0.825. The predicted molar refractivity (Wildman–Crippen MR) is 63.9 cm³/mol. The van der Waals surface area contributed by atoms with Crippen LogP contribution in [0.5, 0.6) is 0 Å². The van der Waals surface area contributed by atoms with Gasteiger partial charge in [-0.2, -0.15) is 0 Å². The summed E-state index contributed by atoms with van der Waals surface area (Å²) >= 11 is 0. The van der Waals surface area contributed by atoms with Crippen LogP contribution in [0.2, 0.25) is 0 Å². The molecule has 0 amide bonds. The second kappa shape index (κ2) is 4.80. The van der Waals surface area contributed by atoms with E-state index in [1.54, 1.807) is 7.05 Å². The molecule has 0 saturated heterocycles. The van der Waals surface area contributed by atoms with Gasteiger partial charge < -0.3 is 10.1 Å². The topological polar surface area (TPSA) is 73.4 Å². The number of aliphatic hydroxyl groups is 1. The molecule has 2 rings (SSSR count). The number of rotatable bonds is 5. The Labute approximate surface area is 102 Å². The van der Waals surface area contributed by atoms with Gasteiger partial charge in [0.2, 0.25) is 10.0 Å². The molecule has 6 heteroatoms. The van der Waals surface area contributed by atoms with Crippen molar-refractivity contribution in [2.45, 2.75) is 30.8 Å². The van der Waals surface area contributed by atoms with Crippen LogP contribution in [-0.2, 0) is 16.6 Å². The van der Waals surface area contributed by atoms with Crippen LogP contribution in [0.3, 0.4) is 0 Å². The van der Waals surface area contributed by atoms with Gasteiger partial charge in [0.25, 0.3) is 0 Å². The van der Waals surface area contributed by atoms with Crippen molar-refractivity contribution in [1.29, 1.82) is 0 Å². The Bertz CT molecular complexity index is 477. The molecule has 0 unspecified atom stereocenters. The van der Waals surface area contributed by atoms with Crippen LogP contribution in [0.15, 0.2) is 17.2 Å². The van der Waals surface area contributed by atoms with Gasteiger partial charge in [0, 0.05) is 25.5 Å². The largest absolute Gasteiger partial charge is 0.390 e. The number of nitrogens with zero attached hydrogens (tertiary/aromatic N) is 1. The lowest BCUT2D eigenvalue weighted by molar-refractivity contribution is 0.263. The number of aromatic amines is 1. The molecule has 2 N–H and O–H groups in total. The first-order chi connectivity index (χ1) is 8.04. The van der Waals surface area contributed by atoms with Gasteiger partial charge in [-0.1, -0.05) is 6.42 Å². The Balaban J connectivity index is 2.10. The van der Waals surface area contributed by atoms with E-state index in [4.69, 9.17) is 5.11 Å². The van der Waals surface area contributed by atoms with Gasteiger partial charge in [-0.15, -0.1) is 0 Å². The Hall–Kier alpha value is -0.850. The van der Waals surface area contributed by atoms with E-state index in [0.29, 0.717) is 18.2 Å². The summed E-state index contributed by atoms with van der Waals surface area (Å²) in [6.07, 6.45) is 4.87. The van der Waals surface area contributed by atoms with Crippen LogP contribution in [0.1, 0.15) is 25.0 Å². The first-order valence-electron chi connectivity index (χ1n) is 5.78. The van der Waals surface area contributed by atoms with E-state index in [1.807, 2.05) is 0 Å². The monoisotopic (exact) mass is 258 g/mol. The average Bonchev–Trinajstić information content (AvgIpc) is 2.71. The molecule has 1 saturated carbocycles. The van der Waals surface area contributed by atoms with Crippen molar-refractivity contribution in [1.82, 2.24) is 9.29 Å². The number of H-pyrrole nitrogens is 1. The fraction of sp³-hybridized carbons (Fsp3) is 0.636. The molecule has 17 heavy (non-hydrogen) atoms. The Morgan fingerprint density at radius 3 is 2.71 bits per heavy atom. The van der Waals surface area contributed by atoms with E-state index in [-0.39, 0.29) is 11.5 Å². The second-order valence-electron chi connectivity index (χ2n) is 4.60. The molecule has 1 fully saturated rings. The third kappa shape index (κ3) is 2.53. The van der Waals surface area contributed by atoms with E-state index in [2.05, 4.69) is 4.98 Å². The lowest BCUT2D eigenvalue weighted by Crippen LogP contribution is -2.34. The summed E-state index contributed by atoms with van der Waals surface area (Å²) in [7, 11) is -1.80. The summed E-state index contributed by atoms with van der Waals surface area (Å²) in [6, 6.07) is 1.48. The Morgan fingerprint density at radius 2 is 2.24 bits per heavy atom. The molecule has 1 aromatic heterocycles. The van der Waals surface area contributed by atoms with Crippen molar-refractivity contribution >= 4 is 10.0 Å². The van der Waals surface area contributed by atoms with E-state index >= 15 is 0 Å². The standard InChI is InChI=1S/C11H18N2O3S/c1-13(7-9-3-2-4-9)17(15,16)11-5-10(8-14)12-6-11/h5-6,9,12,14H,2-4,7-8H2,1H3. The second-order valence-corrected chi connectivity index (χ2v) is 6.65. The lowest BCUT2D eigenvalue weighted by atomic mass is 9.86. The van der Waals surface area contributed by atoms with Crippen LogP contribution in [0.4, 0.5) is 0 Å². The van der Waals surface area contributed by atoms with Crippen molar-refractivity contribution in [2.24, 2.45) is 5.92 Å². The third-order valence-electron chi connectivity index (χ3n) is 3.33. The van der Waals surface area contributed by atoms with Crippen molar-refractivity contribution < 1.29 is 13.5 Å². The molecule has 0 aliphatic heterocycles. The maximum atomic E-state index is 12.2. The number of hydrogen-bond acceptors (Lipinski definition) is 3. The van der Waals surface area contributed by atoms with Gasteiger partial charge in [0.15, 0.2) is 0 Å². The number of hydrogen-bond donors (Lipinski definition) is 2. The number of aliphatic hydroxyl groups excluding tert-OH is 1. The normalized spacial score (nSPS) is 17.4. The highest BCUT2D eigenvalue weighted by Crippen LogP contribution is 2.28. The molecule has 1 heterocycles. The number of aromatic nitrogens is 1. The molecule has 0 aromatic carbocycles. The van der Waals surface area contributed by atoms with Crippen molar-refractivity contribution in [3.63, 3.8) is 0 Å². The zero-order valence-corrected chi connectivity index (χ0v) is 10.7. The molecule has 1 aliphatic rings. The highest BCUT2D eigenvalue weighted by atomic mass is 32.2. The lowest BCUT2D eigenvalue weighted by Gasteiger charge is -2.29. The number of sulfonamides is 1. The first kappa shape index (κ1) is 12.6. The SMILES string of the molecule is CN(CC1CCC1)S(=O)(=O)c1c[nH]c(CO)c1. The number of nitrogens with one attached hydrogen (secondary N) is 1. The van der Waals surface area contributed by atoms with Crippen LogP contribution >= 0.6 is 0 Å². The zero-order chi connectivity index (χ0) is 12.5. The third-order valence-corrected chi connectivity index (χ3v) is 5.14. The van der Waals surface area contributed by atoms with Gasteiger partial charge in [-0.3, -0.25) is 0 Å². The zero-order valence-electron chi connectivity index (χ0n) is 9.89. The highest BCUT2D eigenvalue weighted by Gasteiger charge is 2.27. The fourth-order valence-electron chi connectivity index (χ4n) is 1.98. The maximum absolute atomic E-state index is 12.2. The van der Waals surface area contributed by atoms with Gasteiger partial charge in [-0.25, -0.2) is 12.7 Å². The molecule has 0 atom stereocenters. The Kier molecular flexibility index (Phi) is 3.56. The summed E-state index contributed by atoms with van der Waals surface area (Å²) in [5.41, 5.74) is 0.514. The molecular weight excluding hydrogens is 240 g/mol. The van der Waals surface area contributed by atoms with Crippen molar-refractivity contribution in [3.8, 4) is 0 Å². The molecule has 1 aliphatic carbocycles. The fourth-order valence-corrected chi connectivity index (χ4v) is 3.24. The van der Waals surface area contributed by atoms with E-state index < -0.39 is 10.0 Å². The summed E-state index contributed by atoms with van der Waals surface area (Å²) in [4.78, 5) is 2.97. The molecule has 96 valence electrons. The minimum atomic E-state index is -3.41. The van der Waals surface area contributed by atoms with Crippen LogP contribution in [0, 0.1) is 5.92 Å². The maximum Gasteiger partial charge on any atom is 0.244 e. The predicted octanol–water partition coefficient (Wildman–Crippen LogP) is 0.928. The van der Waals surface area contributed by atoms with Crippen LogP contribution in [-0.4, -0.2) is 36.4 Å². The van der Waals surface area contributed by atoms with Crippen molar-refractivity contribution in [2.75, 3.05) is 13.6 Å². The van der Waals surface area contributed by atoms with E-state index in [0.717, 1.165) is 12.8 Å². The summed E-state index contributed by atoms with van der Waals surface area (Å²) in [6.45, 7) is 0.407. The van der Waals surface area contributed by atoms with Crippen LogP contribution < -0.4 is 0 Å². The van der Waals surface area contributed by atoms with Gasteiger partial charge in [0.1, 0.15) is 0 Å². The Morgan fingerprint density at radius 1 is 1.53 bits per heavy atom. The minimum absolute atomic E-state index is 0.179. The average molecular weight is 258 g/mol. The van der Waals surface area contributed by atoms with Crippen molar-refractivity contribution in [3.05, 3.63) is 18.0 Å². The van der Waals surface area contributed by atoms with Crippen LogP contribution in [0.25, 0.3) is 0 Å². The van der Waals surface area contributed by atoms with E-state index in [9.17, 15) is 8.42 Å².